The van der Waals surface area contributed by atoms with Crippen LogP contribution >= 0.6 is 27.5 Å². The summed E-state index contributed by atoms with van der Waals surface area (Å²) in [6.45, 7) is 7.23. The molecule has 0 radical (unpaired) electrons. The van der Waals surface area contributed by atoms with Gasteiger partial charge in [0.1, 0.15) is 5.60 Å². The van der Waals surface area contributed by atoms with Gasteiger partial charge in [-0.3, -0.25) is 9.69 Å². The number of fused-ring (bicyclic) bond motifs is 1. The molecule has 0 saturated carbocycles. The van der Waals surface area contributed by atoms with Crippen LogP contribution in [0.15, 0.2) is 46.4 Å². The van der Waals surface area contributed by atoms with E-state index in [2.05, 4.69) is 15.9 Å². The third kappa shape index (κ3) is 4.86. The zero-order valence-corrected chi connectivity index (χ0v) is 17.5. The van der Waals surface area contributed by atoms with Crippen molar-refractivity contribution in [3.8, 4) is 0 Å². The average molecular weight is 439 g/mol. The smallest absolute Gasteiger partial charge is 0.415 e. The van der Waals surface area contributed by atoms with E-state index < -0.39 is 11.7 Å². The molecule has 2 aromatic rings. The number of ketones is 1. The molecule has 0 spiro atoms. The number of nitrogens with zero attached hydrogens (tertiary/aromatic N) is 1. The SMILES string of the molecule is CC(=O)c1ccc2ccc(N(CC=CCl)C(=O)OC(C)(C)C)c(Br)c2c1. The maximum absolute atomic E-state index is 12.7. The van der Waals surface area contributed by atoms with Gasteiger partial charge in [0.25, 0.3) is 0 Å². The summed E-state index contributed by atoms with van der Waals surface area (Å²) >= 11 is 9.24. The number of ether oxygens (including phenoxy) is 1. The number of benzene rings is 2. The Balaban J connectivity index is 2.56. The molecule has 0 aliphatic rings. The van der Waals surface area contributed by atoms with Gasteiger partial charge in [-0.25, -0.2) is 4.79 Å². The number of amides is 1. The molecule has 0 fully saturated rings. The zero-order chi connectivity index (χ0) is 19.5. The van der Waals surface area contributed by atoms with Crippen molar-refractivity contribution in [3.05, 3.63) is 52.0 Å². The van der Waals surface area contributed by atoms with Gasteiger partial charge in [-0.15, -0.1) is 0 Å². The molecule has 0 saturated heterocycles. The van der Waals surface area contributed by atoms with E-state index >= 15 is 0 Å². The van der Waals surface area contributed by atoms with Crippen LogP contribution in [-0.4, -0.2) is 24.0 Å². The van der Waals surface area contributed by atoms with E-state index in [4.69, 9.17) is 16.3 Å². The van der Waals surface area contributed by atoms with Crippen LogP contribution in [0.4, 0.5) is 10.5 Å². The predicted molar refractivity (Wildman–Crippen MR) is 110 cm³/mol. The number of carbonyl (C=O) groups excluding carboxylic acids is 2. The molecule has 2 aromatic carbocycles. The summed E-state index contributed by atoms with van der Waals surface area (Å²) in [6, 6.07) is 9.23. The molecule has 2 rings (SSSR count). The van der Waals surface area contributed by atoms with E-state index in [-0.39, 0.29) is 12.3 Å². The first kappa shape index (κ1) is 20.5. The molecule has 0 N–H and O–H groups in total. The lowest BCUT2D eigenvalue weighted by atomic mass is 10.0. The Bertz CT molecular complexity index is 871. The number of halogens is 2. The van der Waals surface area contributed by atoms with Crippen LogP contribution in [0.2, 0.25) is 0 Å². The molecule has 0 aromatic heterocycles. The fourth-order valence-corrected chi connectivity index (χ4v) is 3.20. The maximum atomic E-state index is 12.7. The summed E-state index contributed by atoms with van der Waals surface area (Å²) in [5, 5.41) is 1.81. The first-order chi connectivity index (χ1) is 12.1. The Morgan fingerprint density at radius 3 is 2.46 bits per heavy atom. The summed E-state index contributed by atoms with van der Waals surface area (Å²) in [4.78, 5) is 25.9. The van der Waals surface area contributed by atoms with Gasteiger partial charge < -0.3 is 4.74 Å². The van der Waals surface area contributed by atoms with Gasteiger partial charge in [-0.2, -0.15) is 0 Å². The third-order valence-corrected chi connectivity index (χ3v) is 4.64. The molecular formula is C20H21BrClNO3. The van der Waals surface area contributed by atoms with Crippen LogP contribution in [0.3, 0.4) is 0 Å². The molecule has 1 amide bonds. The number of Topliss-reactive ketones (excluding diaryl/α,β-unsaturated/α-hetero) is 1. The molecule has 4 nitrogen and oxygen atoms in total. The summed E-state index contributed by atoms with van der Waals surface area (Å²) in [5.74, 6) is -0.0155. The molecule has 0 aliphatic heterocycles. The van der Waals surface area contributed by atoms with E-state index in [1.807, 2.05) is 45.0 Å². The Kier molecular flexibility index (Phi) is 6.48. The second kappa shape index (κ2) is 8.23. The quantitative estimate of drug-likeness (QED) is 0.526. The zero-order valence-electron chi connectivity index (χ0n) is 15.2. The number of hydrogen-bond donors (Lipinski definition) is 0. The van der Waals surface area contributed by atoms with Gasteiger partial charge in [0, 0.05) is 22.1 Å². The molecular weight excluding hydrogens is 418 g/mol. The number of rotatable bonds is 4. The molecule has 138 valence electrons. The van der Waals surface area contributed by atoms with E-state index in [0.29, 0.717) is 15.7 Å². The average Bonchev–Trinajstić information content (AvgIpc) is 2.55. The third-order valence-electron chi connectivity index (χ3n) is 3.62. The lowest BCUT2D eigenvalue weighted by Crippen LogP contribution is -2.37. The summed E-state index contributed by atoms with van der Waals surface area (Å²) in [7, 11) is 0. The van der Waals surface area contributed by atoms with E-state index in [1.165, 1.54) is 17.4 Å². The number of hydrogen-bond acceptors (Lipinski definition) is 3. The van der Waals surface area contributed by atoms with Gasteiger partial charge in [0.2, 0.25) is 0 Å². The summed E-state index contributed by atoms with van der Waals surface area (Å²) < 4.78 is 6.23. The Morgan fingerprint density at radius 1 is 1.23 bits per heavy atom. The maximum Gasteiger partial charge on any atom is 0.415 e. The highest BCUT2D eigenvalue weighted by molar-refractivity contribution is 9.10. The highest BCUT2D eigenvalue weighted by atomic mass is 79.9. The fourth-order valence-electron chi connectivity index (χ4n) is 2.43. The topological polar surface area (TPSA) is 46.6 Å². The highest BCUT2D eigenvalue weighted by Gasteiger charge is 2.24. The lowest BCUT2D eigenvalue weighted by Gasteiger charge is -2.27. The second-order valence-corrected chi connectivity index (χ2v) is 7.89. The van der Waals surface area contributed by atoms with Crippen molar-refractivity contribution >= 4 is 55.9 Å². The van der Waals surface area contributed by atoms with E-state index in [0.717, 1.165) is 10.8 Å². The van der Waals surface area contributed by atoms with Gasteiger partial charge in [0.15, 0.2) is 5.78 Å². The predicted octanol–water partition coefficient (Wildman–Crippen LogP) is 6.30. The fraction of sp³-hybridized carbons (Fsp3) is 0.300. The van der Waals surface area contributed by atoms with Crippen molar-refractivity contribution in [3.63, 3.8) is 0 Å². The minimum atomic E-state index is -0.620. The Morgan fingerprint density at radius 2 is 1.88 bits per heavy atom. The number of anilines is 1. The van der Waals surface area contributed by atoms with Crippen molar-refractivity contribution in [2.75, 3.05) is 11.4 Å². The van der Waals surface area contributed by atoms with Crippen molar-refractivity contribution < 1.29 is 14.3 Å². The van der Waals surface area contributed by atoms with Crippen molar-refractivity contribution in [2.45, 2.75) is 33.3 Å². The molecule has 0 bridgehead atoms. The van der Waals surface area contributed by atoms with E-state index in [1.54, 1.807) is 12.1 Å². The molecule has 0 atom stereocenters. The molecule has 0 heterocycles. The van der Waals surface area contributed by atoms with Crippen molar-refractivity contribution in [2.24, 2.45) is 0 Å². The highest BCUT2D eigenvalue weighted by Crippen LogP contribution is 2.35. The first-order valence-electron chi connectivity index (χ1n) is 8.13. The van der Waals surface area contributed by atoms with Gasteiger partial charge in [-0.05, 0) is 66.5 Å². The molecule has 6 heteroatoms. The Hall–Kier alpha value is -1.85. The van der Waals surface area contributed by atoms with Crippen LogP contribution in [0.1, 0.15) is 38.1 Å². The monoisotopic (exact) mass is 437 g/mol. The minimum absolute atomic E-state index is 0.0155. The molecule has 0 aliphatic carbocycles. The molecule has 26 heavy (non-hydrogen) atoms. The van der Waals surface area contributed by atoms with Gasteiger partial charge in [0.05, 0.1) is 5.69 Å². The minimum Gasteiger partial charge on any atom is -0.443 e. The van der Waals surface area contributed by atoms with Crippen LogP contribution in [0.25, 0.3) is 10.8 Å². The number of carbonyl (C=O) groups is 2. The van der Waals surface area contributed by atoms with Gasteiger partial charge >= 0.3 is 6.09 Å². The second-order valence-electron chi connectivity index (χ2n) is 6.84. The Labute approximate surface area is 166 Å². The van der Waals surface area contributed by atoms with Gasteiger partial charge in [-0.1, -0.05) is 35.9 Å². The van der Waals surface area contributed by atoms with Crippen molar-refractivity contribution in [1.82, 2.24) is 0 Å². The lowest BCUT2D eigenvalue weighted by molar-refractivity contribution is 0.0584. The summed E-state index contributed by atoms with van der Waals surface area (Å²) in [6.07, 6.45) is 1.18. The van der Waals surface area contributed by atoms with Crippen molar-refractivity contribution in [1.29, 1.82) is 0 Å². The first-order valence-corrected chi connectivity index (χ1v) is 9.36. The van der Waals surface area contributed by atoms with Crippen LogP contribution in [0, 0.1) is 0 Å². The largest absolute Gasteiger partial charge is 0.443 e. The van der Waals surface area contributed by atoms with E-state index in [9.17, 15) is 9.59 Å². The van der Waals surface area contributed by atoms with Crippen LogP contribution < -0.4 is 4.90 Å². The van der Waals surface area contributed by atoms with Crippen LogP contribution in [-0.2, 0) is 4.74 Å². The normalized spacial score (nSPS) is 11.8. The van der Waals surface area contributed by atoms with Crippen LogP contribution in [0.5, 0.6) is 0 Å². The molecule has 0 unspecified atom stereocenters. The summed E-state index contributed by atoms with van der Waals surface area (Å²) in [5.41, 5.74) is 1.99. The standard InChI is InChI=1S/C20H21BrClNO3/c1-13(24)15-7-6-14-8-9-17(18(21)16(14)12-15)23(11-5-10-22)19(25)26-20(2,3)4/h5-10,12H,11H2,1-4H3.